The number of nitrogens with one attached hydrogen (secondary N) is 1. The van der Waals surface area contributed by atoms with Crippen molar-refractivity contribution in [1.82, 2.24) is 14.8 Å². The van der Waals surface area contributed by atoms with Crippen molar-refractivity contribution in [3.05, 3.63) is 68.6 Å². The molecule has 1 saturated heterocycles. The summed E-state index contributed by atoms with van der Waals surface area (Å²) in [6, 6.07) is 11.1. The molecule has 7 nitrogen and oxygen atoms in total. The smallest absolute Gasteiger partial charge is 0.261 e. The summed E-state index contributed by atoms with van der Waals surface area (Å²) in [5.74, 6) is -0.325. The first-order valence-corrected chi connectivity index (χ1v) is 9.85. The van der Waals surface area contributed by atoms with Gasteiger partial charge >= 0.3 is 0 Å². The first kappa shape index (κ1) is 19.1. The van der Waals surface area contributed by atoms with Gasteiger partial charge in [0.25, 0.3) is 11.5 Å². The lowest BCUT2D eigenvalue weighted by Crippen LogP contribution is -2.49. The van der Waals surface area contributed by atoms with E-state index in [0.29, 0.717) is 55.8 Å². The number of amides is 1. The largest absolute Gasteiger partial charge is 0.336 e. The number of hydrogen-bond acceptors (Lipinski definition) is 5. The summed E-state index contributed by atoms with van der Waals surface area (Å²) in [7, 11) is 0. The highest BCUT2D eigenvalue weighted by Crippen LogP contribution is 2.19. The molecule has 2 aromatic rings. The van der Waals surface area contributed by atoms with Crippen LogP contribution < -0.4 is 5.56 Å². The van der Waals surface area contributed by atoms with Gasteiger partial charge in [-0.2, -0.15) is 5.26 Å². The molecule has 0 unspecified atom stereocenters. The summed E-state index contributed by atoms with van der Waals surface area (Å²) in [5, 5.41) is 8.88. The van der Waals surface area contributed by atoms with Crippen LogP contribution >= 0.6 is 0 Å². The number of benzene rings is 1. The monoisotopic (exact) mass is 390 g/mol. The van der Waals surface area contributed by atoms with Crippen LogP contribution in [0.15, 0.2) is 35.1 Å². The molecular formula is C22H22N4O3. The third-order valence-corrected chi connectivity index (χ3v) is 5.63. The Bertz CT molecular complexity index is 1040. The molecule has 0 radical (unpaired) electrons. The number of carbonyl (C=O) groups excluding carboxylic acids is 2. The van der Waals surface area contributed by atoms with Gasteiger partial charge < -0.3 is 9.88 Å². The van der Waals surface area contributed by atoms with Crippen LogP contribution in [0.3, 0.4) is 0 Å². The normalized spacial score (nSPS) is 16.9. The minimum atomic E-state index is -0.413. The van der Waals surface area contributed by atoms with Crippen molar-refractivity contribution < 1.29 is 9.59 Å². The molecule has 1 aromatic carbocycles. The fourth-order valence-electron chi connectivity index (χ4n) is 3.96. The molecule has 1 N–H and O–H groups in total. The number of aromatic nitrogens is 1. The second-order valence-electron chi connectivity index (χ2n) is 7.56. The van der Waals surface area contributed by atoms with Gasteiger partial charge in [-0.25, -0.2) is 0 Å². The van der Waals surface area contributed by atoms with E-state index in [9.17, 15) is 14.4 Å². The lowest BCUT2D eigenvalue weighted by atomic mass is 9.93. The van der Waals surface area contributed by atoms with E-state index in [1.165, 1.54) is 6.07 Å². The lowest BCUT2D eigenvalue weighted by Gasteiger charge is -2.34. The fourth-order valence-corrected chi connectivity index (χ4v) is 3.96. The number of nitrogens with zero attached hydrogens (tertiary/aromatic N) is 3. The molecule has 1 aliphatic heterocycles. The van der Waals surface area contributed by atoms with E-state index in [0.717, 1.165) is 18.5 Å². The molecule has 148 valence electrons. The van der Waals surface area contributed by atoms with Gasteiger partial charge in [-0.1, -0.05) is 12.1 Å². The zero-order valence-corrected chi connectivity index (χ0v) is 16.1. The molecule has 7 heteroatoms. The summed E-state index contributed by atoms with van der Waals surface area (Å²) in [6.07, 6.45) is 1.86. The minimum Gasteiger partial charge on any atom is -0.336 e. The van der Waals surface area contributed by atoms with Gasteiger partial charge in [0, 0.05) is 50.4 Å². The zero-order valence-electron chi connectivity index (χ0n) is 16.1. The van der Waals surface area contributed by atoms with Crippen molar-refractivity contribution in [2.24, 2.45) is 0 Å². The van der Waals surface area contributed by atoms with Gasteiger partial charge in [-0.3, -0.25) is 19.3 Å². The number of ketones is 1. The quantitative estimate of drug-likeness (QED) is 0.861. The molecule has 1 aromatic heterocycles. The summed E-state index contributed by atoms with van der Waals surface area (Å²) in [6.45, 7) is 3.21. The molecule has 4 rings (SSSR count). The number of carbonyl (C=O) groups is 2. The molecule has 1 aliphatic carbocycles. The minimum absolute atomic E-state index is 0.0104. The Morgan fingerprint density at radius 2 is 1.79 bits per heavy atom. The van der Waals surface area contributed by atoms with Crippen LogP contribution in [-0.4, -0.2) is 52.7 Å². The molecule has 2 aliphatic rings. The summed E-state index contributed by atoms with van der Waals surface area (Å²) < 4.78 is 0. The molecule has 2 heterocycles. The van der Waals surface area contributed by atoms with E-state index in [1.807, 2.05) is 12.1 Å². The summed E-state index contributed by atoms with van der Waals surface area (Å²) in [4.78, 5) is 44.1. The second kappa shape index (κ2) is 8.02. The van der Waals surface area contributed by atoms with Gasteiger partial charge in [0.2, 0.25) is 0 Å². The van der Waals surface area contributed by atoms with E-state index in [4.69, 9.17) is 5.26 Å². The Labute approximate surface area is 168 Å². The number of rotatable bonds is 3. The third kappa shape index (κ3) is 3.98. The van der Waals surface area contributed by atoms with E-state index in [1.54, 1.807) is 17.0 Å². The highest BCUT2D eigenvalue weighted by molar-refractivity contribution is 6.01. The Kier molecular flexibility index (Phi) is 5.28. The highest BCUT2D eigenvalue weighted by Gasteiger charge is 2.27. The first-order chi connectivity index (χ1) is 14.0. The average molecular weight is 390 g/mol. The third-order valence-electron chi connectivity index (χ3n) is 5.63. The Hall–Kier alpha value is -3.24. The molecule has 0 bridgehead atoms. The number of pyridine rings is 1. The molecule has 0 spiro atoms. The topological polar surface area (TPSA) is 97.3 Å². The van der Waals surface area contributed by atoms with Crippen LogP contribution in [-0.2, 0) is 13.0 Å². The molecule has 0 saturated carbocycles. The van der Waals surface area contributed by atoms with Gasteiger partial charge in [-0.15, -0.1) is 0 Å². The van der Waals surface area contributed by atoms with Crippen LogP contribution in [0, 0.1) is 11.3 Å². The predicted octanol–water partition coefficient (Wildman–Crippen LogP) is 1.72. The van der Waals surface area contributed by atoms with Gasteiger partial charge in [0.05, 0.1) is 11.6 Å². The molecule has 0 atom stereocenters. The van der Waals surface area contributed by atoms with Gasteiger partial charge in [-0.05, 0) is 36.6 Å². The maximum atomic E-state index is 12.9. The van der Waals surface area contributed by atoms with Crippen molar-refractivity contribution in [1.29, 1.82) is 5.26 Å². The number of aromatic amines is 1. The van der Waals surface area contributed by atoms with E-state index in [-0.39, 0.29) is 17.3 Å². The van der Waals surface area contributed by atoms with Crippen LogP contribution in [0.1, 0.15) is 50.4 Å². The number of hydrogen-bond donors (Lipinski definition) is 1. The number of nitriles is 1. The van der Waals surface area contributed by atoms with Gasteiger partial charge in [0.15, 0.2) is 5.78 Å². The number of Topliss-reactive ketones (excluding diaryl/α,β-unsaturated/α-hetero) is 1. The van der Waals surface area contributed by atoms with Crippen molar-refractivity contribution in [2.75, 3.05) is 26.2 Å². The van der Waals surface area contributed by atoms with Crippen LogP contribution in [0.25, 0.3) is 0 Å². The maximum absolute atomic E-state index is 12.9. The molecule has 1 amide bonds. The number of piperazine rings is 1. The summed E-state index contributed by atoms with van der Waals surface area (Å²) >= 11 is 0. The second-order valence-corrected chi connectivity index (χ2v) is 7.56. The van der Waals surface area contributed by atoms with E-state index in [2.05, 4.69) is 16.0 Å². The number of H-pyrrole nitrogens is 1. The predicted molar refractivity (Wildman–Crippen MR) is 107 cm³/mol. The standard InChI is InChI=1S/C22H22N4O3/c23-13-15-4-6-16(7-5-15)14-25-8-10-26(11-9-25)22(29)18-12-17-19(24-21(18)28)2-1-3-20(17)27/h4-7,12H,1-3,8-11,14H2,(H,24,28). The van der Waals surface area contributed by atoms with E-state index < -0.39 is 5.56 Å². The Morgan fingerprint density at radius 1 is 1.07 bits per heavy atom. The maximum Gasteiger partial charge on any atom is 0.261 e. The lowest BCUT2D eigenvalue weighted by molar-refractivity contribution is 0.0626. The highest BCUT2D eigenvalue weighted by atomic mass is 16.2. The Balaban J connectivity index is 1.41. The number of aryl methyl sites for hydroxylation is 1. The average Bonchev–Trinajstić information content (AvgIpc) is 2.74. The molecular weight excluding hydrogens is 368 g/mol. The van der Waals surface area contributed by atoms with Crippen molar-refractivity contribution >= 4 is 11.7 Å². The fraction of sp³-hybridized carbons (Fsp3) is 0.364. The van der Waals surface area contributed by atoms with Crippen LogP contribution in [0.4, 0.5) is 0 Å². The molecule has 1 fully saturated rings. The van der Waals surface area contributed by atoms with Crippen LogP contribution in [0.2, 0.25) is 0 Å². The molecule has 29 heavy (non-hydrogen) atoms. The van der Waals surface area contributed by atoms with Crippen molar-refractivity contribution in [3.63, 3.8) is 0 Å². The van der Waals surface area contributed by atoms with Gasteiger partial charge in [0.1, 0.15) is 5.56 Å². The van der Waals surface area contributed by atoms with Crippen molar-refractivity contribution in [2.45, 2.75) is 25.8 Å². The van der Waals surface area contributed by atoms with Crippen LogP contribution in [0.5, 0.6) is 0 Å². The van der Waals surface area contributed by atoms with Crippen molar-refractivity contribution in [3.8, 4) is 6.07 Å². The van der Waals surface area contributed by atoms with E-state index >= 15 is 0 Å². The number of fused-ring (bicyclic) bond motifs is 1. The zero-order chi connectivity index (χ0) is 20.4. The first-order valence-electron chi connectivity index (χ1n) is 9.85. The summed E-state index contributed by atoms with van der Waals surface area (Å²) in [5.41, 5.74) is 2.53. The SMILES string of the molecule is N#Cc1ccc(CN2CCN(C(=O)c3cc4c([nH]c3=O)CCCC4=O)CC2)cc1. The Morgan fingerprint density at radius 3 is 2.48 bits per heavy atom.